The molecule has 3 aromatic rings. The Hall–Kier alpha value is -3.07. The molecule has 0 fully saturated rings. The number of carbonyl (C=O) groups excluding carboxylic acids is 1. The lowest BCUT2D eigenvalue weighted by molar-refractivity contribution is 0.243. The average molecular weight is 375 g/mol. The van der Waals surface area contributed by atoms with Crippen LogP contribution in [0.3, 0.4) is 0 Å². The Morgan fingerprint density at radius 3 is 2.46 bits per heavy atom. The Bertz CT molecular complexity index is 986. The van der Waals surface area contributed by atoms with Gasteiger partial charge in [0.05, 0.1) is 26.7 Å². The molecule has 0 aliphatic heterocycles. The van der Waals surface area contributed by atoms with E-state index in [4.69, 9.17) is 14.2 Å². The molecule has 0 spiro atoms. The highest BCUT2D eigenvalue weighted by atomic mass is 32.1. The largest absolute Gasteiger partial charge is 0.493 e. The van der Waals surface area contributed by atoms with Gasteiger partial charge in [0, 0.05) is 12.7 Å². The van der Waals surface area contributed by atoms with Gasteiger partial charge in [-0.15, -0.1) is 0 Å². The van der Waals surface area contributed by atoms with E-state index in [0.29, 0.717) is 27.5 Å². The number of methoxy groups -OCH3 is 3. The Balaban J connectivity index is 1.83. The van der Waals surface area contributed by atoms with Crippen molar-refractivity contribution >= 4 is 27.8 Å². The highest BCUT2D eigenvalue weighted by Gasteiger charge is 2.16. The monoisotopic (exact) mass is 375 g/mol. The standard InChI is InChI=1S/C17H17N3O5S/c1-23-12-7-10(8-13(24-2)14(12)25-3)9-19-17(22)20-16(21)11-5-4-6-18-15(11)26-20/h4-8H,9H2,1-3H3,(H,19,22). The molecule has 0 bridgehead atoms. The van der Waals surface area contributed by atoms with E-state index >= 15 is 0 Å². The minimum atomic E-state index is -0.522. The minimum Gasteiger partial charge on any atom is -0.493 e. The van der Waals surface area contributed by atoms with Gasteiger partial charge < -0.3 is 19.5 Å². The van der Waals surface area contributed by atoms with Gasteiger partial charge in [0.1, 0.15) is 4.83 Å². The van der Waals surface area contributed by atoms with E-state index < -0.39 is 6.03 Å². The molecule has 2 heterocycles. The van der Waals surface area contributed by atoms with Crippen molar-refractivity contribution < 1.29 is 19.0 Å². The van der Waals surface area contributed by atoms with Crippen LogP contribution in [-0.2, 0) is 6.54 Å². The van der Waals surface area contributed by atoms with Gasteiger partial charge in [-0.3, -0.25) is 4.79 Å². The van der Waals surface area contributed by atoms with E-state index in [1.807, 2.05) is 0 Å². The molecule has 0 saturated heterocycles. The highest BCUT2D eigenvalue weighted by molar-refractivity contribution is 7.14. The van der Waals surface area contributed by atoms with E-state index in [2.05, 4.69) is 10.3 Å². The number of hydrogen-bond acceptors (Lipinski definition) is 7. The Labute approximate surface area is 153 Å². The van der Waals surface area contributed by atoms with Crippen LogP contribution < -0.4 is 25.1 Å². The van der Waals surface area contributed by atoms with Crippen LogP contribution in [0.2, 0.25) is 0 Å². The Kier molecular flexibility index (Phi) is 5.08. The molecular formula is C17H17N3O5S. The number of amides is 1. The summed E-state index contributed by atoms with van der Waals surface area (Å²) < 4.78 is 16.9. The number of ether oxygens (including phenoxy) is 3. The summed E-state index contributed by atoms with van der Waals surface area (Å²) in [5.74, 6) is 1.44. The summed E-state index contributed by atoms with van der Waals surface area (Å²) >= 11 is 1.00. The molecule has 3 rings (SSSR count). The smallest absolute Gasteiger partial charge is 0.338 e. The molecule has 2 aromatic heterocycles. The van der Waals surface area contributed by atoms with E-state index in [9.17, 15) is 9.59 Å². The van der Waals surface area contributed by atoms with Crippen LogP contribution in [0.15, 0.2) is 35.3 Å². The fraction of sp³-hybridized carbons (Fsp3) is 0.235. The number of carbonyl (C=O) groups is 1. The second-order valence-corrected chi connectivity index (χ2v) is 6.17. The first-order chi connectivity index (χ1) is 12.6. The maximum atomic E-state index is 12.4. The van der Waals surface area contributed by atoms with Crippen LogP contribution in [-0.4, -0.2) is 36.3 Å². The number of fused-ring (bicyclic) bond motifs is 1. The van der Waals surface area contributed by atoms with Crippen molar-refractivity contribution in [3.05, 3.63) is 46.4 Å². The van der Waals surface area contributed by atoms with Crippen LogP contribution in [0.4, 0.5) is 4.79 Å². The number of hydrogen-bond donors (Lipinski definition) is 1. The normalized spacial score (nSPS) is 10.6. The third kappa shape index (κ3) is 3.21. The van der Waals surface area contributed by atoms with Crippen molar-refractivity contribution in [2.24, 2.45) is 0 Å². The van der Waals surface area contributed by atoms with Gasteiger partial charge in [0.25, 0.3) is 5.56 Å². The van der Waals surface area contributed by atoms with Crippen molar-refractivity contribution in [2.45, 2.75) is 6.54 Å². The van der Waals surface area contributed by atoms with E-state index in [1.165, 1.54) is 21.3 Å². The van der Waals surface area contributed by atoms with Gasteiger partial charge in [-0.25, -0.2) is 9.78 Å². The molecule has 26 heavy (non-hydrogen) atoms. The summed E-state index contributed by atoms with van der Waals surface area (Å²) in [6.45, 7) is 0.184. The number of rotatable bonds is 5. The predicted octanol–water partition coefficient (Wildman–Crippen LogP) is 2.24. The van der Waals surface area contributed by atoms with Gasteiger partial charge >= 0.3 is 6.03 Å². The van der Waals surface area contributed by atoms with Crippen LogP contribution in [0.25, 0.3) is 10.2 Å². The maximum absolute atomic E-state index is 12.4. The maximum Gasteiger partial charge on any atom is 0.338 e. The van der Waals surface area contributed by atoms with Gasteiger partial charge in [0.2, 0.25) is 5.75 Å². The fourth-order valence-electron chi connectivity index (χ4n) is 2.48. The Morgan fingerprint density at radius 2 is 1.88 bits per heavy atom. The lowest BCUT2D eigenvalue weighted by Crippen LogP contribution is -2.32. The molecule has 0 aliphatic carbocycles. The zero-order valence-corrected chi connectivity index (χ0v) is 15.3. The molecule has 1 N–H and O–H groups in total. The number of nitrogens with zero attached hydrogens (tertiary/aromatic N) is 2. The van der Waals surface area contributed by atoms with E-state index in [0.717, 1.165) is 21.1 Å². The van der Waals surface area contributed by atoms with Crippen LogP contribution in [0.5, 0.6) is 17.2 Å². The minimum absolute atomic E-state index is 0.184. The first kappa shape index (κ1) is 17.7. The third-order valence-corrected chi connectivity index (χ3v) is 4.73. The zero-order valence-electron chi connectivity index (χ0n) is 14.4. The molecule has 136 valence electrons. The van der Waals surface area contributed by atoms with Crippen molar-refractivity contribution in [3.63, 3.8) is 0 Å². The summed E-state index contributed by atoms with van der Waals surface area (Å²) in [7, 11) is 4.55. The number of benzene rings is 1. The van der Waals surface area contributed by atoms with E-state index in [1.54, 1.807) is 30.5 Å². The average Bonchev–Trinajstić information content (AvgIpc) is 3.02. The third-order valence-electron chi connectivity index (χ3n) is 3.72. The number of pyridine rings is 1. The molecule has 1 amide bonds. The van der Waals surface area contributed by atoms with Crippen LogP contribution >= 0.6 is 11.5 Å². The zero-order chi connectivity index (χ0) is 18.7. The second kappa shape index (κ2) is 7.44. The first-order valence-corrected chi connectivity index (χ1v) is 8.40. The van der Waals surface area contributed by atoms with Gasteiger partial charge in [-0.05, 0) is 41.4 Å². The topological polar surface area (TPSA) is 91.7 Å². The van der Waals surface area contributed by atoms with E-state index in [-0.39, 0.29) is 12.1 Å². The summed E-state index contributed by atoms with van der Waals surface area (Å²) in [6, 6.07) is 6.25. The van der Waals surface area contributed by atoms with Crippen LogP contribution in [0.1, 0.15) is 5.56 Å². The molecule has 8 nitrogen and oxygen atoms in total. The molecule has 0 aliphatic rings. The second-order valence-electron chi connectivity index (χ2n) is 5.24. The van der Waals surface area contributed by atoms with Gasteiger partial charge in [0.15, 0.2) is 11.5 Å². The van der Waals surface area contributed by atoms with Crippen molar-refractivity contribution in [2.75, 3.05) is 21.3 Å². The number of nitrogens with one attached hydrogen (secondary N) is 1. The Morgan fingerprint density at radius 1 is 1.19 bits per heavy atom. The van der Waals surface area contributed by atoms with Crippen molar-refractivity contribution in [3.8, 4) is 17.2 Å². The highest BCUT2D eigenvalue weighted by Crippen LogP contribution is 2.38. The predicted molar refractivity (Wildman–Crippen MR) is 97.6 cm³/mol. The molecule has 9 heteroatoms. The van der Waals surface area contributed by atoms with Crippen LogP contribution in [0, 0.1) is 0 Å². The van der Waals surface area contributed by atoms with Crippen molar-refractivity contribution in [1.29, 1.82) is 0 Å². The molecular weight excluding hydrogens is 358 g/mol. The summed E-state index contributed by atoms with van der Waals surface area (Å²) in [5, 5.41) is 3.13. The van der Waals surface area contributed by atoms with Gasteiger partial charge in [-0.1, -0.05) is 0 Å². The quantitative estimate of drug-likeness (QED) is 0.735. The molecule has 0 unspecified atom stereocenters. The molecule has 0 radical (unpaired) electrons. The van der Waals surface area contributed by atoms with Crippen molar-refractivity contribution in [1.82, 2.24) is 14.3 Å². The fourth-order valence-corrected chi connectivity index (χ4v) is 3.35. The first-order valence-electron chi connectivity index (χ1n) is 7.63. The molecule has 1 aromatic carbocycles. The molecule has 0 saturated carbocycles. The number of aromatic nitrogens is 2. The molecule has 0 atom stereocenters. The summed E-state index contributed by atoms with van der Waals surface area (Å²) in [5.41, 5.74) is 0.348. The summed E-state index contributed by atoms with van der Waals surface area (Å²) in [4.78, 5) is 29.3. The summed E-state index contributed by atoms with van der Waals surface area (Å²) in [6.07, 6.45) is 1.58. The van der Waals surface area contributed by atoms with Gasteiger partial charge in [-0.2, -0.15) is 3.96 Å². The lowest BCUT2D eigenvalue weighted by Gasteiger charge is -2.14. The lowest BCUT2D eigenvalue weighted by atomic mass is 10.2. The SMILES string of the molecule is COc1cc(CNC(=O)n2sc3ncccc3c2=O)cc(OC)c1OC.